The van der Waals surface area contributed by atoms with Crippen molar-refractivity contribution < 1.29 is 14.6 Å². The van der Waals surface area contributed by atoms with Gasteiger partial charge >= 0.3 is 5.97 Å². The molecule has 0 radical (unpaired) electrons. The molecule has 1 atom stereocenters. The molecule has 0 spiro atoms. The molecule has 0 amide bonds. The number of aliphatic hydroxyl groups is 1. The highest BCUT2D eigenvalue weighted by Gasteiger charge is 2.18. The van der Waals surface area contributed by atoms with Crippen LogP contribution in [0.15, 0.2) is 11.6 Å². The number of rotatable bonds is 7. The van der Waals surface area contributed by atoms with Crippen LogP contribution >= 0.6 is 0 Å². The van der Waals surface area contributed by atoms with Crippen LogP contribution in [0.1, 0.15) is 66.7 Å². The summed E-state index contributed by atoms with van der Waals surface area (Å²) in [6.45, 7) is 9.65. The summed E-state index contributed by atoms with van der Waals surface area (Å²) < 4.78 is 5.16. The van der Waals surface area contributed by atoms with E-state index in [-0.39, 0.29) is 12.4 Å². The molecular weight excluding hydrogens is 228 g/mol. The number of esters is 1. The van der Waals surface area contributed by atoms with Crippen molar-refractivity contribution in [1.29, 1.82) is 0 Å². The summed E-state index contributed by atoms with van der Waals surface area (Å²) in [5.41, 5.74) is 0.851. The van der Waals surface area contributed by atoms with Gasteiger partial charge in [-0.1, -0.05) is 18.1 Å². The molecule has 1 N–H and O–H groups in total. The van der Waals surface area contributed by atoms with Gasteiger partial charge < -0.3 is 9.84 Å². The minimum Gasteiger partial charge on any atom is -0.460 e. The summed E-state index contributed by atoms with van der Waals surface area (Å²) >= 11 is 0. The van der Waals surface area contributed by atoms with Crippen LogP contribution in [0.3, 0.4) is 0 Å². The normalized spacial score (nSPS) is 13.0. The Labute approximate surface area is 111 Å². The summed E-state index contributed by atoms with van der Waals surface area (Å²) in [6.07, 6.45) is 5.41. The van der Waals surface area contributed by atoms with Crippen molar-refractivity contribution in [2.75, 3.05) is 0 Å². The fourth-order valence-electron chi connectivity index (χ4n) is 1.59. The molecule has 0 aromatic heterocycles. The smallest absolute Gasteiger partial charge is 0.308 e. The van der Waals surface area contributed by atoms with Crippen molar-refractivity contribution in [3.63, 3.8) is 0 Å². The summed E-state index contributed by atoms with van der Waals surface area (Å²) in [7, 11) is 0. The van der Waals surface area contributed by atoms with E-state index in [4.69, 9.17) is 4.74 Å². The molecule has 18 heavy (non-hydrogen) atoms. The largest absolute Gasteiger partial charge is 0.460 e. The summed E-state index contributed by atoms with van der Waals surface area (Å²) in [4.78, 5) is 11.5. The first-order chi connectivity index (χ1) is 8.20. The zero-order chi connectivity index (χ0) is 14.2. The first-order valence-corrected chi connectivity index (χ1v) is 6.74. The van der Waals surface area contributed by atoms with Crippen LogP contribution in [0.4, 0.5) is 0 Å². The number of carbonyl (C=O) groups excluding carboxylic acids is 1. The van der Waals surface area contributed by atoms with E-state index in [2.05, 4.69) is 19.9 Å². The average Bonchev–Trinajstić information content (AvgIpc) is 2.12. The lowest BCUT2D eigenvalue weighted by Gasteiger charge is -2.20. The first-order valence-electron chi connectivity index (χ1n) is 6.74. The maximum Gasteiger partial charge on any atom is 0.308 e. The fraction of sp³-hybridized carbons (Fsp3) is 0.800. The number of carbonyl (C=O) groups is 1. The summed E-state index contributed by atoms with van der Waals surface area (Å²) in [5, 5.41) is 9.71. The third kappa shape index (κ3) is 11.6. The van der Waals surface area contributed by atoms with Gasteiger partial charge in [0.25, 0.3) is 0 Å². The average molecular weight is 256 g/mol. The molecule has 0 unspecified atom stereocenters. The lowest BCUT2D eigenvalue weighted by Crippen LogP contribution is -2.26. The maximum atomic E-state index is 11.5. The fourth-order valence-corrected chi connectivity index (χ4v) is 1.59. The highest BCUT2D eigenvalue weighted by molar-refractivity contribution is 5.70. The number of hydrogen-bond donors (Lipinski definition) is 1. The molecule has 0 saturated heterocycles. The lowest BCUT2D eigenvalue weighted by molar-refractivity contribution is -0.157. The van der Waals surface area contributed by atoms with E-state index in [1.165, 1.54) is 5.57 Å². The third-order valence-electron chi connectivity index (χ3n) is 2.37. The van der Waals surface area contributed by atoms with Crippen LogP contribution in [-0.4, -0.2) is 22.8 Å². The van der Waals surface area contributed by atoms with E-state index < -0.39 is 11.7 Å². The number of aliphatic hydroxyl groups excluding tert-OH is 1. The van der Waals surface area contributed by atoms with Crippen molar-refractivity contribution in [2.45, 2.75) is 78.4 Å². The predicted octanol–water partition coefficient (Wildman–Crippen LogP) is 3.61. The van der Waals surface area contributed by atoms with Gasteiger partial charge in [-0.2, -0.15) is 0 Å². The Morgan fingerprint density at radius 2 is 1.89 bits per heavy atom. The van der Waals surface area contributed by atoms with Gasteiger partial charge in [0.1, 0.15) is 5.60 Å². The van der Waals surface area contributed by atoms with E-state index in [0.29, 0.717) is 6.42 Å². The quantitative estimate of drug-likeness (QED) is 0.430. The second kappa shape index (κ2) is 8.30. The molecule has 3 heteroatoms. The standard InChI is InChI=1S/C15H28O3/c1-12(2)9-7-6-8-10-13(16)11-14(17)18-15(3,4)5/h9,13,16H,6-8,10-11H2,1-5H3/t13-/m1/s1. The molecule has 0 bridgehead atoms. The second-order valence-corrected chi connectivity index (χ2v) is 6.01. The summed E-state index contributed by atoms with van der Waals surface area (Å²) in [5.74, 6) is -0.320. The number of unbranched alkanes of at least 4 members (excludes halogenated alkanes) is 2. The Balaban J connectivity index is 3.68. The molecular formula is C15H28O3. The van der Waals surface area contributed by atoms with Gasteiger partial charge in [0.2, 0.25) is 0 Å². The van der Waals surface area contributed by atoms with Crippen LogP contribution in [-0.2, 0) is 9.53 Å². The summed E-state index contributed by atoms with van der Waals surface area (Å²) in [6, 6.07) is 0. The maximum absolute atomic E-state index is 11.5. The van der Waals surface area contributed by atoms with Crippen LogP contribution < -0.4 is 0 Å². The first kappa shape index (κ1) is 17.2. The highest BCUT2D eigenvalue weighted by atomic mass is 16.6. The molecule has 0 saturated carbocycles. The minimum absolute atomic E-state index is 0.0971. The van der Waals surface area contributed by atoms with E-state index >= 15 is 0 Å². The van der Waals surface area contributed by atoms with Gasteiger partial charge in [-0.25, -0.2) is 0 Å². The Hall–Kier alpha value is -0.830. The van der Waals surface area contributed by atoms with Gasteiger partial charge in [-0.05, 0) is 53.9 Å². The van der Waals surface area contributed by atoms with E-state index in [1.807, 2.05) is 20.8 Å². The van der Waals surface area contributed by atoms with Gasteiger partial charge in [-0.3, -0.25) is 4.79 Å². The third-order valence-corrected chi connectivity index (χ3v) is 2.37. The van der Waals surface area contributed by atoms with Crippen LogP contribution in [0.2, 0.25) is 0 Å². The van der Waals surface area contributed by atoms with Crippen molar-refractivity contribution >= 4 is 5.97 Å². The van der Waals surface area contributed by atoms with E-state index in [1.54, 1.807) is 0 Å². The lowest BCUT2D eigenvalue weighted by atomic mass is 10.1. The Morgan fingerprint density at radius 1 is 1.28 bits per heavy atom. The van der Waals surface area contributed by atoms with Crippen LogP contribution in [0, 0.1) is 0 Å². The monoisotopic (exact) mass is 256 g/mol. The molecule has 0 aromatic carbocycles. The van der Waals surface area contributed by atoms with Crippen molar-refractivity contribution in [2.24, 2.45) is 0 Å². The van der Waals surface area contributed by atoms with Crippen molar-refractivity contribution in [3.8, 4) is 0 Å². The molecule has 0 aromatic rings. The van der Waals surface area contributed by atoms with Crippen LogP contribution in [0.25, 0.3) is 0 Å². The number of allylic oxidation sites excluding steroid dienone is 2. The molecule has 0 aliphatic heterocycles. The van der Waals surface area contributed by atoms with Gasteiger partial charge in [0.05, 0.1) is 12.5 Å². The zero-order valence-electron chi connectivity index (χ0n) is 12.5. The zero-order valence-corrected chi connectivity index (χ0v) is 12.5. The Kier molecular flexibility index (Phi) is 7.92. The van der Waals surface area contributed by atoms with Crippen molar-refractivity contribution in [3.05, 3.63) is 11.6 Å². The Morgan fingerprint density at radius 3 is 2.39 bits per heavy atom. The van der Waals surface area contributed by atoms with Gasteiger partial charge in [-0.15, -0.1) is 0 Å². The van der Waals surface area contributed by atoms with Gasteiger partial charge in [0, 0.05) is 0 Å². The number of hydrogen-bond acceptors (Lipinski definition) is 3. The molecule has 0 aliphatic carbocycles. The molecule has 0 heterocycles. The highest BCUT2D eigenvalue weighted by Crippen LogP contribution is 2.12. The number of ether oxygens (including phenoxy) is 1. The molecule has 106 valence electrons. The Bertz CT molecular complexity index is 270. The van der Waals surface area contributed by atoms with Crippen LogP contribution in [0.5, 0.6) is 0 Å². The molecule has 0 rings (SSSR count). The van der Waals surface area contributed by atoms with E-state index in [0.717, 1.165) is 19.3 Å². The SMILES string of the molecule is CC(C)=CCCCC[C@@H](O)CC(=O)OC(C)(C)C. The minimum atomic E-state index is -0.577. The van der Waals surface area contributed by atoms with Crippen molar-refractivity contribution in [1.82, 2.24) is 0 Å². The topological polar surface area (TPSA) is 46.5 Å². The molecule has 0 aliphatic rings. The molecule has 0 fully saturated rings. The van der Waals surface area contributed by atoms with Gasteiger partial charge in [0.15, 0.2) is 0 Å². The molecule has 3 nitrogen and oxygen atoms in total. The predicted molar refractivity (Wildman–Crippen MR) is 74.4 cm³/mol. The van der Waals surface area contributed by atoms with E-state index in [9.17, 15) is 9.90 Å². The second-order valence-electron chi connectivity index (χ2n) is 6.01.